The highest BCUT2D eigenvalue weighted by atomic mass is 16.1. The molecule has 9 heteroatoms. The number of rotatable bonds is 2. The number of aromatic nitrogens is 5. The number of aryl methyl sites for hydroxylation is 1. The zero-order chi connectivity index (χ0) is 20.1. The first-order valence-electron chi connectivity index (χ1n) is 9.64. The fourth-order valence-corrected chi connectivity index (χ4v) is 4.40. The largest absolute Gasteiger partial charge is 0.384 e. The summed E-state index contributed by atoms with van der Waals surface area (Å²) >= 11 is 0. The van der Waals surface area contributed by atoms with Crippen molar-refractivity contribution in [2.24, 2.45) is 5.92 Å². The number of hydrogen-bond donors (Lipinski definition) is 2. The van der Waals surface area contributed by atoms with Crippen LogP contribution in [-0.4, -0.2) is 37.6 Å². The fourth-order valence-electron chi connectivity index (χ4n) is 4.40. The van der Waals surface area contributed by atoms with Gasteiger partial charge < -0.3 is 20.9 Å². The Morgan fingerprint density at radius 2 is 1.93 bits per heavy atom. The first-order chi connectivity index (χ1) is 14.0. The van der Waals surface area contributed by atoms with Crippen LogP contribution in [0.5, 0.6) is 0 Å². The third kappa shape index (κ3) is 3.08. The molecule has 3 aromatic heterocycles. The maximum Gasteiger partial charge on any atom is 0.251 e. The summed E-state index contributed by atoms with van der Waals surface area (Å²) in [6, 6.07) is 5.37. The molecule has 2 atom stereocenters. The van der Waals surface area contributed by atoms with E-state index in [2.05, 4.69) is 30.9 Å². The van der Waals surface area contributed by atoms with Gasteiger partial charge in [-0.2, -0.15) is 4.98 Å². The molecular formula is C20H22N8O. The van der Waals surface area contributed by atoms with Gasteiger partial charge in [-0.05, 0) is 25.3 Å². The van der Waals surface area contributed by atoms with Crippen LogP contribution in [0.4, 0.5) is 17.6 Å². The Morgan fingerprint density at radius 1 is 1.07 bits per heavy atom. The summed E-state index contributed by atoms with van der Waals surface area (Å²) in [5, 5.41) is 0. The third-order valence-corrected chi connectivity index (χ3v) is 5.82. The molecule has 0 aliphatic carbocycles. The summed E-state index contributed by atoms with van der Waals surface area (Å²) in [6.07, 6.45) is 4.21. The average Bonchev–Trinajstić information content (AvgIpc) is 2.70. The molecule has 5 heterocycles. The fraction of sp³-hybridized carbons (Fsp3) is 0.350. The van der Waals surface area contributed by atoms with Gasteiger partial charge in [0.25, 0.3) is 5.56 Å². The maximum atomic E-state index is 12.8. The van der Waals surface area contributed by atoms with E-state index in [-0.39, 0.29) is 11.5 Å². The second-order valence-electron chi connectivity index (χ2n) is 7.89. The van der Waals surface area contributed by atoms with Gasteiger partial charge in [0, 0.05) is 60.7 Å². The first-order valence-corrected chi connectivity index (χ1v) is 9.64. The summed E-state index contributed by atoms with van der Waals surface area (Å²) in [6.45, 7) is 4.14. The van der Waals surface area contributed by atoms with Gasteiger partial charge in [0.1, 0.15) is 18.0 Å². The van der Waals surface area contributed by atoms with Gasteiger partial charge in [0.15, 0.2) is 0 Å². The molecule has 2 aliphatic rings. The minimum atomic E-state index is -0.00587. The van der Waals surface area contributed by atoms with Gasteiger partial charge in [-0.15, -0.1) is 0 Å². The quantitative estimate of drug-likeness (QED) is 0.668. The smallest absolute Gasteiger partial charge is 0.251 e. The van der Waals surface area contributed by atoms with E-state index in [4.69, 9.17) is 11.5 Å². The van der Waals surface area contributed by atoms with Gasteiger partial charge in [-0.1, -0.05) is 0 Å². The average molecular weight is 390 g/mol. The minimum absolute atomic E-state index is 0.00587. The Bertz CT molecular complexity index is 1160. The molecule has 2 aliphatic heterocycles. The second kappa shape index (κ2) is 6.54. The molecule has 3 aromatic rings. The van der Waals surface area contributed by atoms with Crippen molar-refractivity contribution in [1.29, 1.82) is 0 Å². The van der Waals surface area contributed by atoms with Gasteiger partial charge in [0.2, 0.25) is 5.95 Å². The number of nitrogens with two attached hydrogens (primary N) is 2. The maximum absolute atomic E-state index is 12.8. The highest BCUT2D eigenvalue weighted by Gasteiger charge is 2.36. The van der Waals surface area contributed by atoms with Crippen LogP contribution in [0, 0.1) is 12.8 Å². The lowest BCUT2D eigenvalue weighted by atomic mass is 9.82. The van der Waals surface area contributed by atoms with Crippen LogP contribution in [0.3, 0.4) is 0 Å². The molecule has 148 valence electrons. The van der Waals surface area contributed by atoms with Crippen molar-refractivity contribution in [2.45, 2.75) is 25.8 Å². The molecule has 29 heavy (non-hydrogen) atoms. The molecule has 0 radical (unpaired) electrons. The lowest BCUT2D eigenvalue weighted by Gasteiger charge is -2.43. The highest BCUT2D eigenvalue weighted by molar-refractivity contribution is 5.62. The summed E-state index contributed by atoms with van der Waals surface area (Å²) in [5.41, 5.74) is 15.1. The van der Waals surface area contributed by atoms with E-state index in [9.17, 15) is 4.79 Å². The SMILES string of the molecule is Cc1cnc(N2C[C@@H]3C[C@H](C2)c2cc(-c4cc(N)ncn4)cc(=O)n2C3)nc1N. The van der Waals surface area contributed by atoms with Crippen LogP contribution in [-0.2, 0) is 6.54 Å². The molecular weight excluding hydrogens is 368 g/mol. The Kier molecular flexibility index (Phi) is 3.97. The molecule has 1 saturated heterocycles. The van der Waals surface area contributed by atoms with E-state index in [0.29, 0.717) is 35.7 Å². The van der Waals surface area contributed by atoms with Crippen molar-refractivity contribution in [3.63, 3.8) is 0 Å². The lowest BCUT2D eigenvalue weighted by Crippen LogP contribution is -2.47. The van der Waals surface area contributed by atoms with Crippen LogP contribution in [0.2, 0.25) is 0 Å². The van der Waals surface area contributed by atoms with Crippen LogP contribution in [0.1, 0.15) is 23.6 Å². The van der Waals surface area contributed by atoms with Crippen molar-refractivity contribution in [2.75, 3.05) is 29.5 Å². The summed E-state index contributed by atoms with van der Waals surface area (Å²) in [7, 11) is 0. The molecule has 9 nitrogen and oxygen atoms in total. The van der Waals surface area contributed by atoms with Crippen LogP contribution in [0.25, 0.3) is 11.3 Å². The summed E-state index contributed by atoms with van der Waals surface area (Å²) < 4.78 is 1.90. The highest BCUT2D eigenvalue weighted by Crippen LogP contribution is 2.37. The lowest BCUT2D eigenvalue weighted by molar-refractivity contribution is 0.280. The van der Waals surface area contributed by atoms with E-state index in [0.717, 1.165) is 36.3 Å². The topological polar surface area (TPSA) is 129 Å². The van der Waals surface area contributed by atoms with Crippen molar-refractivity contribution in [3.8, 4) is 11.3 Å². The molecule has 0 spiro atoms. The Labute approximate surface area is 167 Å². The van der Waals surface area contributed by atoms with E-state index in [1.165, 1.54) is 6.33 Å². The number of nitrogens with zero attached hydrogens (tertiary/aromatic N) is 6. The predicted molar refractivity (Wildman–Crippen MR) is 110 cm³/mol. The van der Waals surface area contributed by atoms with E-state index in [1.54, 1.807) is 18.3 Å². The monoisotopic (exact) mass is 390 g/mol. The third-order valence-electron chi connectivity index (χ3n) is 5.82. The van der Waals surface area contributed by atoms with Gasteiger partial charge in [0.05, 0.1) is 5.69 Å². The number of pyridine rings is 1. The van der Waals surface area contributed by atoms with E-state index < -0.39 is 0 Å². The summed E-state index contributed by atoms with van der Waals surface area (Å²) in [5.74, 6) is 2.11. The van der Waals surface area contributed by atoms with Gasteiger partial charge in [-0.3, -0.25) is 4.79 Å². The minimum Gasteiger partial charge on any atom is -0.384 e. The van der Waals surface area contributed by atoms with E-state index in [1.807, 2.05) is 11.5 Å². The van der Waals surface area contributed by atoms with Crippen LogP contribution >= 0.6 is 0 Å². The molecule has 0 unspecified atom stereocenters. The molecule has 5 rings (SSSR count). The Morgan fingerprint density at radius 3 is 2.72 bits per heavy atom. The Balaban J connectivity index is 1.53. The number of nitrogen functional groups attached to an aromatic ring is 2. The first kappa shape index (κ1) is 17.6. The van der Waals surface area contributed by atoms with Crippen LogP contribution < -0.4 is 21.9 Å². The molecule has 0 amide bonds. The molecule has 0 saturated carbocycles. The normalized spacial score (nSPS) is 20.4. The van der Waals surface area contributed by atoms with Crippen molar-refractivity contribution in [3.05, 3.63) is 52.3 Å². The molecule has 4 N–H and O–H groups in total. The number of anilines is 3. The zero-order valence-electron chi connectivity index (χ0n) is 16.1. The van der Waals surface area contributed by atoms with Gasteiger partial charge in [-0.25, -0.2) is 15.0 Å². The number of hydrogen-bond acceptors (Lipinski definition) is 8. The summed E-state index contributed by atoms with van der Waals surface area (Å²) in [4.78, 5) is 32.2. The number of piperidine rings is 1. The standard InChI is InChI=1S/C20H22N8O/c1-11-6-23-20(26-19(11)22)27-7-12-2-14(9-27)16-3-13(4-18(29)28(16)8-12)15-5-17(21)25-10-24-15/h3-6,10,12,14H,2,7-9H2,1H3,(H2,21,24,25)(H2,22,23,26)/t12-,14+/m0/s1. The molecule has 1 fully saturated rings. The van der Waals surface area contributed by atoms with Crippen molar-refractivity contribution < 1.29 is 0 Å². The zero-order valence-corrected chi connectivity index (χ0v) is 16.1. The molecule has 2 bridgehead atoms. The van der Waals surface area contributed by atoms with Crippen molar-refractivity contribution in [1.82, 2.24) is 24.5 Å². The van der Waals surface area contributed by atoms with Crippen molar-refractivity contribution >= 4 is 17.6 Å². The predicted octanol–water partition coefficient (Wildman–Crippen LogP) is 1.19. The van der Waals surface area contributed by atoms with E-state index >= 15 is 0 Å². The van der Waals surface area contributed by atoms with Gasteiger partial charge >= 0.3 is 0 Å². The number of fused-ring (bicyclic) bond motifs is 4. The molecule has 0 aromatic carbocycles. The Hall–Kier alpha value is -3.49. The second-order valence-corrected chi connectivity index (χ2v) is 7.89. The van der Waals surface area contributed by atoms with Crippen LogP contribution in [0.15, 0.2) is 35.5 Å².